The summed E-state index contributed by atoms with van der Waals surface area (Å²) in [6, 6.07) is 26.2. The van der Waals surface area contributed by atoms with E-state index in [9.17, 15) is 18.0 Å². The molecule has 248 valence electrons. The number of nitrogens with one attached hydrogen (secondary N) is 1. The molecule has 0 aromatic heterocycles. The van der Waals surface area contributed by atoms with Gasteiger partial charge in [0.25, 0.3) is 10.0 Å². The van der Waals surface area contributed by atoms with Crippen molar-refractivity contribution < 1.29 is 22.7 Å². The first kappa shape index (κ1) is 35.8. The molecular weight excluding hydrogens is 657 g/mol. The van der Waals surface area contributed by atoms with Crippen LogP contribution in [0.5, 0.6) is 5.75 Å². The van der Waals surface area contributed by atoms with Crippen LogP contribution in [0.25, 0.3) is 0 Å². The van der Waals surface area contributed by atoms with E-state index in [0.29, 0.717) is 17.2 Å². The van der Waals surface area contributed by atoms with Gasteiger partial charge in [0.1, 0.15) is 18.3 Å². The molecule has 47 heavy (non-hydrogen) atoms. The van der Waals surface area contributed by atoms with Crippen molar-refractivity contribution in [1.29, 1.82) is 0 Å². The zero-order valence-electron chi connectivity index (χ0n) is 26.8. The van der Waals surface area contributed by atoms with Gasteiger partial charge < -0.3 is 15.0 Å². The molecule has 4 aromatic rings. The minimum atomic E-state index is -4.27. The van der Waals surface area contributed by atoms with Crippen molar-refractivity contribution >= 4 is 50.7 Å². The molecule has 2 atom stereocenters. The fourth-order valence-corrected chi connectivity index (χ4v) is 6.74. The zero-order chi connectivity index (χ0) is 34.1. The first-order chi connectivity index (χ1) is 22.4. The van der Waals surface area contributed by atoms with Crippen LogP contribution < -0.4 is 14.4 Å². The lowest BCUT2D eigenvalue weighted by atomic mass is 10.0. The van der Waals surface area contributed by atoms with Gasteiger partial charge in [0, 0.05) is 24.0 Å². The van der Waals surface area contributed by atoms with Gasteiger partial charge in [0.15, 0.2) is 0 Å². The molecule has 0 fully saturated rings. The summed E-state index contributed by atoms with van der Waals surface area (Å²) < 4.78 is 34.8. The number of nitrogens with zero attached hydrogens (tertiary/aromatic N) is 2. The number of anilines is 1. The van der Waals surface area contributed by atoms with Gasteiger partial charge >= 0.3 is 0 Å². The topological polar surface area (TPSA) is 96.0 Å². The molecule has 1 N–H and O–H groups in total. The molecule has 4 aromatic carbocycles. The van der Waals surface area contributed by atoms with Crippen molar-refractivity contribution in [1.82, 2.24) is 10.2 Å². The smallest absolute Gasteiger partial charge is 0.264 e. The molecule has 0 saturated carbocycles. The predicted octanol–water partition coefficient (Wildman–Crippen LogP) is 7.06. The number of aryl methyl sites for hydroxylation is 1. The molecular formula is C36H39Cl2N3O5S. The quantitative estimate of drug-likeness (QED) is 0.152. The molecule has 0 unspecified atom stereocenters. The molecule has 11 heteroatoms. The highest BCUT2D eigenvalue weighted by molar-refractivity contribution is 7.92. The lowest BCUT2D eigenvalue weighted by molar-refractivity contribution is -0.140. The molecule has 8 nitrogen and oxygen atoms in total. The standard InChI is InChI=1S/C36H39Cl2N3O5S/c1-5-26(3)39-36(43)33(21-27-9-7-6-8-10-27)40(23-28-13-15-29(37)16-14-28)35(42)24-41(30-17-20-34(46-4)32(38)22-30)47(44,45)31-18-11-25(2)12-19-31/h6-20,22,26,33H,5,21,23-24H2,1-4H3,(H,39,43)/t26-,33+/m0/s1. The van der Waals surface area contributed by atoms with Crippen LogP contribution >= 0.6 is 23.2 Å². The number of carbonyl (C=O) groups excluding carboxylic acids is 2. The summed E-state index contributed by atoms with van der Waals surface area (Å²) in [5, 5.41) is 3.73. The van der Waals surface area contributed by atoms with E-state index < -0.39 is 28.5 Å². The minimum absolute atomic E-state index is 0.00226. The Morgan fingerprint density at radius 1 is 0.894 bits per heavy atom. The molecule has 4 rings (SSSR count). The number of methoxy groups -OCH3 is 1. The van der Waals surface area contributed by atoms with Crippen molar-refractivity contribution in [2.75, 3.05) is 18.0 Å². The predicted molar refractivity (Wildman–Crippen MR) is 188 cm³/mol. The van der Waals surface area contributed by atoms with E-state index in [-0.39, 0.29) is 40.5 Å². The van der Waals surface area contributed by atoms with Crippen molar-refractivity contribution in [3.63, 3.8) is 0 Å². The number of sulfonamides is 1. The first-order valence-corrected chi connectivity index (χ1v) is 17.4. The van der Waals surface area contributed by atoms with E-state index in [4.69, 9.17) is 27.9 Å². The number of carbonyl (C=O) groups is 2. The largest absolute Gasteiger partial charge is 0.495 e. The lowest BCUT2D eigenvalue weighted by Gasteiger charge is -2.34. The number of amides is 2. The Balaban J connectivity index is 1.83. The zero-order valence-corrected chi connectivity index (χ0v) is 29.1. The number of ether oxygens (including phenoxy) is 1. The van der Waals surface area contributed by atoms with Gasteiger partial charge in [0.2, 0.25) is 11.8 Å². The van der Waals surface area contributed by atoms with Gasteiger partial charge in [-0.2, -0.15) is 0 Å². The summed E-state index contributed by atoms with van der Waals surface area (Å²) in [6.45, 7) is 5.14. The van der Waals surface area contributed by atoms with Crippen LogP contribution in [0.1, 0.15) is 37.0 Å². The highest BCUT2D eigenvalue weighted by Gasteiger charge is 2.35. The highest BCUT2D eigenvalue weighted by Crippen LogP contribution is 2.32. The highest BCUT2D eigenvalue weighted by atomic mass is 35.5. The maximum Gasteiger partial charge on any atom is 0.264 e. The molecule has 0 radical (unpaired) electrons. The minimum Gasteiger partial charge on any atom is -0.495 e. The summed E-state index contributed by atoms with van der Waals surface area (Å²) in [4.78, 5) is 30.0. The second kappa shape index (κ2) is 16.2. The molecule has 0 aliphatic carbocycles. The SMILES string of the molecule is CC[C@H](C)NC(=O)[C@@H](Cc1ccccc1)N(Cc1ccc(Cl)cc1)C(=O)CN(c1ccc(OC)c(Cl)c1)S(=O)(=O)c1ccc(C)cc1. The van der Waals surface area contributed by atoms with Crippen LogP contribution in [0.15, 0.2) is 102 Å². The Hall–Kier alpha value is -4.05. The Kier molecular flexibility index (Phi) is 12.3. The molecule has 0 aliphatic heterocycles. The van der Waals surface area contributed by atoms with Crippen molar-refractivity contribution in [3.05, 3.63) is 124 Å². The molecule has 0 saturated heterocycles. The van der Waals surface area contributed by atoms with Crippen LogP contribution in [-0.4, -0.2) is 50.9 Å². The molecule has 2 amide bonds. The maximum atomic E-state index is 14.6. The second-order valence-electron chi connectivity index (χ2n) is 11.3. The summed E-state index contributed by atoms with van der Waals surface area (Å²) in [6.07, 6.45) is 0.900. The van der Waals surface area contributed by atoms with Crippen molar-refractivity contribution in [3.8, 4) is 5.75 Å². The van der Waals surface area contributed by atoms with Crippen LogP contribution in [-0.2, 0) is 32.6 Å². The summed E-state index contributed by atoms with van der Waals surface area (Å²) in [7, 11) is -2.82. The molecule has 0 aliphatic rings. The third-order valence-corrected chi connectivity index (χ3v) is 10.2. The summed E-state index contributed by atoms with van der Waals surface area (Å²) >= 11 is 12.6. The van der Waals surface area contributed by atoms with Gasteiger partial charge in [-0.1, -0.05) is 90.3 Å². The van der Waals surface area contributed by atoms with Crippen LogP contribution in [0, 0.1) is 6.92 Å². The Morgan fingerprint density at radius 3 is 2.15 bits per heavy atom. The number of rotatable bonds is 14. The van der Waals surface area contributed by atoms with Crippen LogP contribution in [0.4, 0.5) is 5.69 Å². The maximum absolute atomic E-state index is 14.6. The van der Waals surface area contributed by atoms with E-state index in [0.717, 1.165) is 21.0 Å². The first-order valence-electron chi connectivity index (χ1n) is 15.2. The van der Waals surface area contributed by atoms with Crippen molar-refractivity contribution in [2.45, 2.75) is 57.1 Å². The Labute approximate surface area is 287 Å². The van der Waals surface area contributed by atoms with E-state index in [1.165, 1.54) is 36.3 Å². The fraction of sp³-hybridized carbons (Fsp3) is 0.278. The van der Waals surface area contributed by atoms with E-state index in [1.807, 2.05) is 51.1 Å². The monoisotopic (exact) mass is 695 g/mol. The van der Waals surface area contributed by atoms with E-state index >= 15 is 0 Å². The molecule has 0 heterocycles. The number of hydrogen-bond donors (Lipinski definition) is 1. The fourth-order valence-electron chi connectivity index (χ4n) is 4.96. The summed E-state index contributed by atoms with van der Waals surface area (Å²) in [5.41, 5.74) is 2.61. The number of halogens is 2. The summed E-state index contributed by atoms with van der Waals surface area (Å²) in [5.74, 6) is -0.572. The van der Waals surface area contributed by atoms with E-state index in [2.05, 4.69) is 5.32 Å². The third kappa shape index (κ3) is 9.28. The van der Waals surface area contributed by atoms with Gasteiger partial charge in [-0.15, -0.1) is 0 Å². The average molecular weight is 697 g/mol. The normalized spacial score (nSPS) is 12.6. The van der Waals surface area contributed by atoms with Gasteiger partial charge in [-0.25, -0.2) is 8.42 Å². The van der Waals surface area contributed by atoms with Gasteiger partial charge in [0.05, 0.1) is 22.7 Å². The van der Waals surface area contributed by atoms with Crippen LogP contribution in [0.3, 0.4) is 0 Å². The molecule has 0 spiro atoms. The molecule has 0 bridgehead atoms. The van der Waals surface area contributed by atoms with E-state index in [1.54, 1.807) is 42.5 Å². The third-order valence-electron chi connectivity index (χ3n) is 7.85. The Bertz CT molecular complexity index is 1770. The number of hydrogen-bond acceptors (Lipinski definition) is 5. The second-order valence-corrected chi connectivity index (χ2v) is 14.0. The van der Waals surface area contributed by atoms with Gasteiger partial charge in [-0.3, -0.25) is 13.9 Å². The van der Waals surface area contributed by atoms with Crippen molar-refractivity contribution in [2.24, 2.45) is 0 Å². The Morgan fingerprint density at radius 2 is 1.55 bits per heavy atom. The van der Waals surface area contributed by atoms with Gasteiger partial charge in [-0.05, 0) is 73.9 Å². The van der Waals surface area contributed by atoms with Crippen LogP contribution in [0.2, 0.25) is 10.0 Å². The average Bonchev–Trinajstić information content (AvgIpc) is 3.06. The lowest BCUT2D eigenvalue weighted by Crippen LogP contribution is -2.54. The number of benzene rings is 4.